The third-order valence-electron chi connectivity index (χ3n) is 2.56. The molecule has 1 rings (SSSR count). The van der Waals surface area contributed by atoms with Crippen LogP contribution >= 0.6 is 0 Å². The highest BCUT2D eigenvalue weighted by Crippen LogP contribution is 2.19. The maximum atomic E-state index is 13.2. The van der Waals surface area contributed by atoms with Gasteiger partial charge in [0.05, 0.1) is 17.6 Å². The van der Waals surface area contributed by atoms with Gasteiger partial charge in [-0.3, -0.25) is 0 Å². The molecule has 1 aromatic rings. The Morgan fingerprint density at radius 1 is 1.45 bits per heavy atom. The van der Waals surface area contributed by atoms with E-state index in [4.69, 9.17) is 5.73 Å². The van der Waals surface area contributed by atoms with Crippen molar-refractivity contribution in [2.75, 3.05) is 13.7 Å². The van der Waals surface area contributed by atoms with Crippen molar-refractivity contribution in [1.82, 2.24) is 4.72 Å². The molecule has 0 amide bonds. The topological polar surface area (TPSA) is 98.5 Å². The lowest BCUT2D eigenvalue weighted by Gasteiger charge is -2.24. The number of carbonyl (C=O) groups excluding carboxylic acids is 1. The number of hydrogen-bond donors (Lipinski definition) is 2. The van der Waals surface area contributed by atoms with Gasteiger partial charge in [-0.1, -0.05) is 0 Å². The van der Waals surface area contributed by atoms with Gasteiger partial charge in [0, 0.05) is 12.1 Å². The van der Waals surface area contributed by atoms with Crippen LogP contribution in [0.5, 0.6) is 0 Å². The fraction of sp³-hybridized carbons (Fsp3) is 0.417. The van der Waals surface area contributed by atoms with Gasteiger partial charge in [-0.05, 0) is 32.0 Å². The van der Waals surface area contributed by atoms with Crippen LogP contribution in [0.2, 0.25) is 0 Å². The first-order valence-electron chi connectivity index (χ1n) is 5.75. The Kier molecular flexibility index (Phi) is 4.85. The highest BCUT2D eigenvalue weighted by molar-refractivity contribution is 7.89. The van der Waals surface area contributed by atoms with E-state index in [1.807, 2.05) is 0 Å². The van der Waals surface area contributed by atoms with Gasteiger partial charge in [0.2, 0.25) is 10.0 Å². The third-order valence-corrected chi connectivity index (χ3v) is 4.31. The molecule has 0 saturated heterocycles. The smallest absolute Gasteiger partial charge is 0.339 e. The van der Waals surface area contributed by atoms with Gasteiger partial charge < -0.3 is 10.5 Å². The predicted octanol–water partition coefficient (Wildman–Crippen LogP) is 0.628. The zero-order chi connectivity index (χ0) is 15.6. The molecule has 8 heteroatoms. The van der Waals surface area contributed by atoms with Gasteiger partial charge in [-0.15, -0.1) is 0 Å². The molecule has 0 aliphatic carbocycles. The first-order chi connectivity index (χ1) is 9.13. The van der Waals surface area contributed by atoms with Crippen molar-refractivity contribution in [3.63, 3.8) is 0 Å². The van der Waals surface area contributed by atoms with Crippen molar-refractivity contribution in [3.8, 4) is 0 Å². The number of rotatable bonds is 5. The summed E-state index contributed by atoms with van der Waals surface area (Å²) in [4.78, 5) is 11.2. The van der Waals surface area contributed by atoms with Crippen LogP contribution in [0.1, 0.15) is 24.2 Å². The van der Waals surface area contributed by atoms with Crippen LogP contribution < -0.4 is 10.5 Å². The van der Waals surface area contributed by atoms with Gasteiger partial charge in [-0.25, -0.2) is 22.3 Å². The molecule has 6 nitrogen and oxygen atoms in total. The standard InChI is InChI=1S/C12H17FN2O4S/c1-12(2,7-14)15-20(17,18)10-5-4-8(13)6-9(10)11(16)19-3/h4-6,15H,7,14H2,1-3H3. The van der Waals surface area contributed by atoms with Crippen LogP contribution in [0.4, 0.5) is 4.39 Å². The normalized spacial score (nSPS) is 12.2. The molecule has 0 saturated carbocycles. The molecule has 0 radical (unpaired) electrons. The molecule has 20 heavy (non-hydrogen) atoms. The Balaban J connectivity index is 3.35. The summed E-state index contributed by atoms with van der Waals surface area (Å²) in [7, 11) is -2.95. The number of esters is 1. The Morgan fingerprint density at radius 3 is 2.55 bits per heavy atom. The van der Waals surface area contributed by atoms with E-state index in [2.05, 4.69) is 9.46 Å². The molecule has 0 aliphatic rings. The quantitative estimate of drug-likeness (QED) is 0.777. The Labute approximate surface area is 117 Å². The fourth-order valence-electron chi connectivity index (χ4n) is 1.47. The molecule has 0 aromatic heterocycles. The monoisotopic (exact) mass is 304 g/mol. The van der Waals surface area contributed by atoms with Gasteiger partial charge in [0.25, 0.3) is 0 Å². The number of halogens is 1. The summed E-state index contributed by atoms with van der Waals surface area (Å²) >= 11 is 0. The molecular weight excluding hydrogens is 287 g/mol. The van der Waals surface area contributed by atoms with E-state index in [0.717, 1.165) is 25.3 Å². The predicted molar refractivity (Wildman–Crippen MR) is 71.2 cm³/mol. The van der Waals surface area contributed by atoms with Crippen LogP contribution in [0, 0.1) is 5.82 Å². The van der Waals surface area contributed by atoms with E-state index >= 15 is 0 Å². The van der Waals surface area contributed by atoms with Crippen molar-refractivity contribution >= 4 is 16.0 Å². The molecule has 0 aliphatic heterocycles. The number of ether oxygens (including phenoxy) is 1. The summed E-state index contributed by atoms with van der Waals surface area (Å²) < 4.78 is 44.5. The summed E-state index contributed by atoms with van der Waals surface area (Å²) in [6.45, 7) is 3.23. The van der Waals surface area contributed by atoms with E-state index in [0.29, 0.717) is 0 Å². The molecule has 0 bridgehead atoms. The van der Waals surface area contributed by atoms with Crippen LogP contribution in [-0.4, -0.2) is 33.6 Å². The van der Waals surface area contributed by atoms with E-state index < -0.39 is 27.3 Å². The maximum Gasteiger partial charge on any atom is 0.339 e. The molecule has 0 heterocycles. The number of carbonyl (C=O) groups is 1. The summed E-state index contributed by atoms with van der Waals surface area (Å²) in [6, 6.07) is 2.78. The number of sulfonamides is 1. The zero-order valence-corrected chi connectivity index (χ0v) is 12.3. The Hall–Kier alpha value is -1.51. The first-order valence-corrected chi connectivity index (χ1v) is 7.23. The molecular formula is C12H17FN2O4S. The lowest BCUT2D eigenvalue weighted by atomic mass is 10.1. The first kappa shape index (κ1) is 16.5. The minimum atomic E-state index is -4.03. The number of hydrogen-bond acceptors (Lipinski definition) is 5. The van der Waals surface area contributed by atoms with E-state index in [1.54, 1.807) is 13.8 Å². The summed E-state index contributed by atoms with van der Waals surface area (Å²) in [5.74, 6) is -1.67. The van der Waals surface area contributed by atoms with Crippen molar-refractivity contribution in [3.05, 3.63) is 29.6 Å². The van der Waals surface area contributed by atoms with E-state index in [1.165, 1.54) is 0 Å². The van der Waals surface area contributed by atoms with Gasteiger partial charge in [0.15, 0.2) is 0 Å². The zero-order valence-electron chi connectivity index (χ0n) is 11.4. The number of benzene rings is 1. The van der Waals surface area contributed by atoms with E-state index in [-0.39, 0.29) is 17.0 Å². The molecule has 3 N–H and O–H groups in total. The largest absolute Gasteiger partial charge is 0.465 e. The maximum absolute atomic E-state index is 13.2. The number of nitrogens with one attached hydrogen (secondary N) is 1. The Bertz CT molecular complexity index is 614. The average Bonchev–Trinajstić information content (AvgIpc) is 2.36. The van der Waals surface area contributed by atoms with E-state index in [9.17, 15) is 17.6 Å². The summed E-state index contributed by atoms with van der Waals surface area (Å²) in [6.07, 6.45) is 0. The van der Waals surface area contributed by atoms with Gasteiger partial charge in [-0.2, -0.15) is 0 Å². The lowest BCUT2D eigenvalue weighted by molar-refractivity contribution is 0.0595. The number of nitrogens with two attached hydrogens (primary N) is 1. The average molecular weight is 304 g/mol. The fourth-order valence-corrected chi connectivity index (χ4v) is 3.07. The van der Waals surface area contributed by atoms with Crippen molar-refractivity contribution < 1.29 is 22.3 Å². The van der Waals surface area contributed by atoms with Crippen LogP contribution in [0.25, 0.3) is 0 Å². The van der Waals surface area contributed by atoms with Crippen molar-refractivity contribution in [1.29, 1.82) is 0 Å². The molecule has 0 spiro atoms. The van der Waals surface area contributed by atoms with Crippen molar-refractivity contribution in [2.24, 2.45) is 5.73 Å². The second-order valence-electron chi connectivity index (χ2n) is 4.83. The van der Waals surface area contributed by atoms with Crippen molar-refractivity contribution in [2.45, 2.75) is 24.3 Å². The van der Waals surface area contributed by atoms with Crippen LogP contribution in [-0.2, 0) is 14.8 Å². The summed E-state index contributed by atoms with van der Waals surface area (Å²) in [5, 5.41) is 0. The Morgan fingerprint density at radius 2 is 2.05 bits per heavy atom. The molecule has 0 fully saturated rings. The second-order valence-corrected chi connectivity index (χ2v) is 6.48. The van der Waals surface area contributed by atoms with Crippen LogP contribution in [0.3, 0.4) is 0 Å². The van der Waals surface area contributed by atoms with Crippen LogP contribution in [0.15, 0.2) is 23.1 Å². The second kappa shape index (κ2) is 5.86. The minimum Gasteiger partial charge on any atom is -0.465 e. The molecule has 0 atom stereocenters. The SMILES string of the molecule is COC(=O)c1cc(F)ccc1S(=O)(=O)NC(C)(C)CN. The number of methoxy groups -OCH3 is 1. The molecule has 112 valence electrons. The lowest BCUT2D eigenvalue weighted by Crippen LogP contribution is -2.48. The minimum absolute atomic E-state index is 0.0565. The van der Waals surface area contributed by atoms with Gasteiger partial charge >= 0.3 is 5.97 Å². The molecule has 0 unspecified atom stereocenters. The highest BCUT2D eigenvalue weighted by atomic mass is 32.2. The highest BCUT2D eigenvalue weighted by Gasteiger charge is 2.29. The third kappa shape index (κ3) is 3.75. The van der Waals surface area contributed by atoms with Gasteiger partial charge in [0.1, 0.15) is 5.82 Å². The molecule has 1 aromatic carbocycles. The summed E-state index contributed by atoms with van der Waals surface area (Å²) in [5.41, 5.74) is 4.19.